The maximum Gasteiger partial charge on any atom is 0.229 e. The van der Waals surface area contributed by atoms with Crippen LogP contribution < -0.4 is 16.4 Å². The molecular weight excluding hydrogens is 455 g/mol. The zero-order valence-corrected chi connectivity index (χ0v) is 21.2. The molecule has 3 heterocycles. The van der Waals surface area contributed by atoms with Crippen molar-refractivity contribution in [2.24, 2.45) is 17.8 Å². The highest BCUT2D eigenvalue weighted by molar-refractivity contribution is 5.81. The summed E-state index contributed by atoms with van der Waals surface area (Å²) >= 11 is 0. The molecule has 0 aromatic heterocycles. The Bertz CT molecular complexity index is 1110. The lowest BCUT2D eigenvalue weighted by atomic mass is 9.73. The molecule has 0 radical (unpaired) electrons. The molecule has 1 saturated carbocycles. The quantitative estimate of drug-likeness (QED) is 0.601. The van der Waals surface area contributed by atoms with Crippen LogP contribution in [-0.4, -0.2) is 43.3 Å². The molecule has 192 valence electrons. The molecule has 5 aliphatic rings. The van der Waals surface area contributed by atoms with E-state index in [-0.39, 0.29) is 18.0 Å². The molecule has 0 spiro atoms. The van der Waals surface area contributed by atoms with Crippen LogP contribution in [0.15, 0.2) is 59.0 Å². The molecule has 3 aliphatic heterocycles. The molecule has 1 aromatic rings. The standard InChI is InChI=1S/C29H37FN4O2/c1-18-16-36-17-25-26(18)33-27(32-25)24-15-20(5-10-23(24)19-3-2-4-19)28(35)34-13-11-29(30,12-14-34)21-6-8-22(31)9-7-21/h5-10,18-20,27,32-33H,2-4,11-17,31H2,1H3/p+1. The average molecular weight is 494 g/mol. The van der Waals surface area contributed by atoms with Gasteiger partial charge in [0.15, 0.2) is 0 Å². The van der Waals surface area contributed by atoms with E-state index >= 15 is 4.39 Å². The number of hydrogen-bond acceptors (Lipinski definition) is 4. The van der Waals surface area contributed by atoms with Gasteiger partial charge in [-0.15, -0.1) is 0 Å². The number of likely N-dealkylation sites (tertiary alicyclic amines) is 1. The maximum absolute atomic E-state index is 15.7. The average Bonchev–Trinajstić information content (AvgIpc) is 3.29. The fourth-order valence-electron chi connectivity index (χ4n) is 6.41. The number of benzene rings is 1. The monoisotopic (exact) mass is 493 g/mol. The molecular formula is C29H38FN4O2+. The van der Waals surface area contributed by atoms with Crippen LogP contribution in [0.1, 0.15) is 51.0 Å². The normalized spacial score (nSPS) is 30.0. The summed E-state index contributed by atoms with van der Waals surface area (Å²) in [5.41, 5.74) is 9.22. The van der Waals surface area contributed by atoms with Crippen molar-refractivity contribution in [1.82, 2.24) is 15.5 Å². The molecule has 3 atom stereocenters. The predicted octanol–water partition coefficient (Wildman–Crippen LogP) is 3.42. The number of nitrogens with one attached hydrogen (secondary N) is 2. The summed E-state index contributed by atoms with van der Waals surface area (Å²) < 4.78 is 21.5. The zero-order chi connectivity index (χ0) is 24.9. The van der Waals surface area contributed by atoms with Gasteiger partial charge in [-0.05, 0) is 66.2 Å². The third-order valence-corrected chi connectivity index (χ3v) is 8.92. The van der Waals surface area contributed by atoms with E-state index in [9.17, 15) is 4.79 Å². The summed E-state index contributed by atoms with van der Waals surface area (Å²) in [7, 11) is 0. The second-order valence-electron chi connectivity index (χ2n) is 11.3. The Balaban J connectivity index is 1.15. The van der Waals surface area contributed by atoms with Crippen molar-refractivity contribution in [1.29, 1.82) is 0 Å². The molecule has 1 amide bonds. The largest absolute Gasteiger partial charge is 0.375 e. The number of hydrogen-bond donors (Lipinski definition) is 3. The summed E-state index contributed by atoms with van der Waals surface area (Å²) in [6.07, 6.45) is 9.45. The van der Waals surface area contributed by atoms with Gasteiger partial charge in [0.05, 0.1) is 24.8 Å². The minimum atomic E-state index is -1.38. The number of carbonyl (C=O) groups is 1. The predicted molar refractivity (Wildman–Crippen MR) is 136 cm³/mol. The number of alkyl halides is 1. The minimum Gasteiger partial charge on any atom is -0.375 e. The maximum atomic E-state index is 15.7. The van der Waals surface area contributed by atoms with Crippen molar-refractivity contribution < 1.29 is 19.7 Å². The smallest absolute Gasteiger partial charge is 0.229 e. The van der Waals surface area contributed by atoms with Gasteiger partial charge < -0.3 is 26.0 Å². The third kappa shape index (κ3) is 4.26. The van der Waals surface area contributed by atoms with E-state index in [2.05, 4.69) is 35.4 Å². The molecule has 3 unspecified atom stereocenters. The Labute approximate surface area is 212 Å². The molecule has 0 bridgehead atoms. The van der Waals surface area contributed by atoms with E-state index in [1.807, 2.05) is 29.2 Å². The number of halogens is 1. The van der Waals surface area contributed by atoms with Crippen LogP contribution in [0, 0.1) is 17.8 Å². The van der Waals surface area contributed by atoms with Crippen molar-refractivity contribution in [3.63, 3.8) is 0 Å². The van der Waals surface area contributed by atoms with Crippen LogP contribution in [-0.2, 0) is 15.2 Å². The minimum absolute atomic E-state index is 0.0193. The Morgan fingerprint density at radius 3 is 2.58 bits per heavy atom. The number of ether oxygens (including phenoxy) is 1. The zero-order valence-electron chi connectivity index (χ0n) is 21.2. The molecule has 1 aromatic carbocycles. The molecule has 2 aliphatic carbocycles. The Morgan fingerprint density at radius 2 is 1.92 bits per heavy atom. The highest BCUT2D eigenvalue weighted by Gasteiger charge is 2.41. The van der Waals surface area contributed by atoms with E-state index in [1.165, 1.54) is 36.1 Å². The van der Waals surface area contributed by atoms with Crippen LogP contribution in [0.3, 0.4) is 0 Å². The van der Waals surface area contributed by atoms with Crippen LogP contribution in [0.4, 0.5) is 10.1 Å². The molecule has 2 fully saturated rings. The van der Waals surface area contributed by atoms with Gasteiger partial charge in [0.1, 0.15) is 17.5 Å². The Hall–Kier alpha value is -2.64. The number of allylic oxidation sites excluding steroid dienone is 2. The number of rotatable bonds is 4. The highest BCUT2D eigenvalue weighted by atomic mass is 19.1. The topological polar surface area (TPSA) is 81.2 Å². The van der Waals surface area contributed by atoms with E-state index in [0.29, 0.717) is 56.4 Å². The molecule has 6 rings (SSSR count). The first-order valence-corrected chi connectivity index (χ1v) is 13.6. The summed E-state index contributed by atoms with van der Waals surface area (Å²) in [6.45, 7) is 4.44. The van der Waals surface area contributed by atoms with Gasteiger partial charge in [-0.2, -0.15) is 0 Å². The molecule has 36 heavy (non-hydrogen) atoms. The number of nitrogens with zero attached hydrogens (tertiary/aromatic N) is 1. The lowest BCUT2D eigenvalue weighted by Crippen LogP contribution is -2.46. The summed E-state index contributed by atoms with van der Waals surface area (Å²) in [5.74, 6) is 0.860. The molecule has 7 heteroatoms. The van der Waals surface area contributed by atoms with Crippen molar-refractivity contribution >= 4 is 11.6 Å². The van der Waals surface area contributed by atoms with Gasteiger partial charge in [0, 0.05) is 37.5 Å². The van der Waals surface area contributed by atoms with E-state index in [4.69, 9.17) is 4.74 Å². The van der Waals surface area contributed by atoms with Crippen LogP contribution in [0.5, 0.6) is 0 Å². The lowest BCUT2D eigenvalue weighted by molar-refractivity contribution is -0.254. The van der Waals surface area contributed by atoms with E-state index in [0.717, 1.165) is 18.0 Å². The van der Waals surface area contributed by atoms with Gasteiger partial charge >= 0.3 is 0 Å². The summed E-state index contributed by atoms with van der Waals surface area (Å²) in [5, 5.41) is 7.41. The van der Waals surface area contributed by atoms with Crippen LogP contribution in [0.25, 0.3) is 0 Å². The fourth-order valence-corrected chi connectivity index (χ4v) is 6.41. The van der Waals surface area contributed by atoms with Crippen LogP contribution in [0.2, 0.25) is 0 Å². The SMILES string of the molecule is CC1COCC2=C1NC(C1=C(C3CCC3)C=CC(C(=O)N3CCC(F)(c4ccc([NH3+])cc4)CC3)C1)N2. The third-order valence-electron chi connectivity index (χ3n) is 8.92. The highest BCUT2D eigenvalue weighted by Crippen LogP contribution is 2.42. The van der Waals surface area contributed by atoms with Gasteiger partial charge in [-0.3, -0.25) is 4.79 Å². The van der Waals surface area contributed by atoms with Gasteiger partial charge in [-0.25, -0.2) is 4.39 Å². The first kappa shape index (κ1) is 23.7. The summed E-state index contributed by atoms with van der Waals surface area (Å²) in [4.78, 5) is 15.5. The van der Waals surface area contributed by atoms with Crippen molar-refractivity contribution in [2.45, 2.75) is 57.3 Å². The first-order chi connectivity index (χ1) is 17.4. The first-order valence-electron chi connectivity index (χ1n) is 13.6. The molecule has 6 nitrogen and oxygen atoms in total. The van der Waals surface area contributed by atoms with Gasteiger partial charge in [0.2, 0.25) is 5.91 Å². The van der Waals surface area contributed by atoms with Gasteiger partial charge in [-0.1, -0.05) is 25.5 Å². The summed E-state index contributed by atoms with van der Waals surface area (Å²) in [6, 6.07) is 7.40. The number of amides is 1. The van der Waals surface area contributed by atoms with Gasteiger partial charge in [0.25, 0.3) is 0 Å². The lowest BCUT2D eigenvalue weighted by Gasteiger charge is -2.39. The Kier molecular flexibility index (Phi) is 6.16. The van der Waals surface area contributed by atoms with Crippen LogP contribution >= 0.6 is 0 Å². The number of piperidine rings is 1. The van der Waals surface area contributed by atoms with Crippen molar-refractivity contribution in [3.8, 4) is 0 Å². The Morgan fingerprint density at radius 1 is 1.17 bits per heavy atom. The second-order valence-corrected chi connectivity index (χ2v) is 11.3. The number of quaternary nitrogens is 1. The second kappa shape index (κ2) is 9.34. The molecule has 1 saturated heterocycles. The number of carbonyl (C=O) groups excluding carboxylic acids is 1. The van der Waals surface area contributed by atoms with E-state index in [1.54, 1.807) is 0 Å². The van der Waals surface area contributed by atoms with E-state index < -0.39 is 5.67 Å². The van der Waals surface area contributed by atoms with Crippen molar-refractivity contribution in [3.05, 3.63) is 64.5 Å². The molecule has 5 N–H and O–H groups in total. The van der Waals surface area contributed by atoms with Crippen molar-refractivity contribution in [2.75, 3.05) is 26.3 Å². The fraction of sp³-hybridized carbons (Fsp3) is 0.552.